The minimum Gasteiger partial charge on any atom is -0.469 e. The van der Waals surface area contributed by atoms with E-state index in [0.717, 1.165) is 35.8 Å². The molecule has 0 saturated heterocycles. The largest absolute Gasteiger partial charge is 0.469 e. The fourth-order valence-electron chi connectivity index (χ4n) is 2.67. The number of aromatic amines is 1. The van der Waals surface area contributed by atoms with Crippen LogP contribution in [-0.2, 0) is 6.54 Å². The van der Waals surface area contributed by atoms with Gasteiger partial charge in [-0.05, 0) is 49.7 Å². The highest BCUT2D eigenvalue weighted by Gasteiger charge is 2.16. The molecule has 3 aromatic rings. The number of aryl methyl sites for hydroxylation is 1. The van der Waals surface area contributed by atoms with Crippen LogP contribution in [-0.4, -0.2) is 16.5 Å². The van der Waals surface area contributed by atoms with Crippen LogP contribution >= 0.6 is 0 Å². The lowest BCUT2D eigenvalue weighted by Gasteiger charge is -2.15. The zero-order chi connectivity index (χ0) is 16.1. The first-order chi connectivity index (χ1) is 11.2. The molecule has 0 amide bonds. The van der Waals surface area contributed by atoms with Gasteiger partial charge >= 0.3 is 0 Å². The number of hydrogen-bond acceptors (Lipinski definition) is 3. The molecule has 3 rings (SSSR count). The molecule has 0 aliphatic carbocycles. The third-order valence-corrected chi connectivity index (χ3v) is 3.82. The fraction of sp³-hybridized carbons (Fsp3) is 0.278. The zero-order valence-electron chi connectivity index (χ0n) is 13.1. The summed E-state index contributed by atoms with van der Waals surface area (Å²) >= 11 is 0. The first-order valence-corrected chi connectivity index (χ1v) is 7.72. The lowest BCUT2D eigenvalue weighted by Crippen LogP contribution is -2.18. The molecule has 1 unspecified atom stereocenters. The molecule has 0 aliphatic heterocycles. The van der Waals surface area contributed by atoms with E-state index in [9.17, 15) is 4.39 Å². The van der Waals surface area contributed by atoms with Crippen molar-refractivity contribution in [2.75, 3.05) is 6.54 Å². The Morgan fingerprint density at radius 2 is 2.09 bits per heavy atom. The minimum atomic E-state index is -0.224. The van der Waals surface area contributed by atoms with Crippen molar-refractivity contribution >= 4 is 0 Å². The van der Waals surface area contributed by atoms with Crippen LogP contribution in [0, 0.1) is 12.7 Å². The second kappa shape index (κ2) is 7.24. The van der Waals surface area contributed by atoms with E-state index < -0.39 is 0 Å². The lowest BCUT2D eigenvalue weighted by molar-refractivity contribution is 0.465. The van der Waals surface area contributed by atoms with E-state index in [1.165, 1.54) is 12.1 Å². The number of furan rings is 1. The SMILES string of the molecule is Cc1cnc(CNCCC(c2ccc(F)cc2)c2ccco2)[nH]1. The summed E-state index contributed by atoms with van der Waals surface area (Å²) in [6.07, 6.45) is 4.35. The summed E-state index contributed by atoms with van der Waals surface area (Å²) in [4.78, 5) is 7.47. The summed E-state index contributed by atoms with van der Waals surface area (Å²) in [6, 6.07) is 10.5. The van der Waals surface area contributed by atoms with E-state index >= 15 is 0 Å². The van der Waals surface area contributed by atoms with E-state index in [-0.39, 0.29) is 11.7 Å². The first kappa shape index (κ1) is 15.5. The maximum atomic E-state index is 13.1. The molecular formula is C18H20FN3O. The maximum Gasteiger partial charge on any atom is 0.123 e. The van der Waals surface area contributed by atoms with Gasteiger partial charge in [0.05, 0.1) is 12.8 Å². The van der Waals surface area contributed by atoms with Crippen molar-refractivity contribution in [1.29, 1.82) is 0 Å². The molecular weight excluding hydrogens is 293 g/mol. The number of nitrogens with one attached hydrogen (secondary N) is 2. The molecule has 0 fully saturated rings. The Kier molecular flexibility index (Phi) is 4.88. The standard InChI is InChI=1S/C18H20FN3O/c1-13-11-21-18(22-13)12-20-9-8-16(17-3-2-10-23-17)14-4-6-15(19)7-5-14/h2-7,10-11,16,20H,8-9,12H2,1H3,(H,21,22). The van der Waals surface area contributed by atoms with Gasteiger partial charge in [0, 0.05) is 17.8 Å². The van der Waals surface area contributed by atoms with Crippen molar-refractivity contribution in [3.63, 3.8) is 0 Å². The van der Waals surface area contributed by atoms with Crippen molar-refractivity contribution in [1.82, 2.24) is 15.3 Å². The van der Waals surface area contributed by atoms with Crippen molar-refractivity contribution in [3.05, 3.63) is 77.5 Å². The second-order valence-corrected chi connectivity index (χ2v) is 5.60. The number of benzene rings is 1. The quantitative estimate of drug-likeness (QED) is 0.653. The van der Waals surface area contributed by atoms with Crippen LogP contribution in [0.25, 0.3) is 0 Å². The molecule has 0 radical (unpaired) electrons. The van der Waals surface area contributed by atoms with Gasteiger partial charge < -0.3 is 14.7 Å². The molecule has 2 N–H and O–H groups in total. The monoisotopic (exact) mass is 313 g/mol. The molecule has 1 atom stereocenters. The van der Waals surface area contributed by atoms with Gasteiger partial charge in [-0.3, -0.25) is 0 Å². The highest BCUT2D eigenvalue weighted by Crippen LogP contribution is 2.28. The molecule has 0 spiro atoms. The fourth-order valence-corrected chi connectivity index (χ4v) is 2.67. The zero-order valence-corrected chi connectivity index (χ0v) is 13.1. The third-order valence-electron chi connectivity index (χ3n) is 3.82. The van der Waals surface area contributed by atoms with Gasteiger partial charge in [0.2, 0.25) is 0 Å². The number of imidazole rings is 1. The predicted octanol–water partition coefficient (Wildman–Crippen LogP) is 3.76. The highest BCUT2D eigenvalue weighted by molar-refractivity contribution is 5.27. The molecule has 0 saturated carbocycles. The lowest BCUT2D eigenvalue weighted by atomic mass is 9.93. The predicted molar refractivity (Wildman–Crippen MR) is 86.6 cm³/mol. The first-order valence-electron chi connectivity index (χ1n) is 7.72. The van der Waals surface area contributed by atoms with E-state index in [2.05, 4.69) is 15.3 Å². The Morgan fingerprint density at radius 3 is 2.74 bits per heavy atom. The van der Waals surface area contributed by atoms with Crippen LogP contribution in [0.1, 0.15) is 35.2 Å². The van der Waals surface area contributed by atoms with Crippen molar-refractivity contribution < 1.29 is 8.81 Å². The number of rotatable bonds is 7. The van der Waals surface area contributed by atoms with Crippen LogP contribution in [0.4, 0.5) is 4.39 Å². The van der Waals surface area contributed by atoms with Crippen LogP contribution in [0.5, 0.6) is 0 Å². The molecule has 120 valence electrons. The maximum absolute atomic E-state index is 13.1. The van der Waals surface area contributed by atoms with Crippen molar-refractivity contribution in [2.45, 2.75) is 25.8 Å². The number of H-pyrrole nitrogens is 1. The van der Waals surface area contributed by atoms with E-state index in [1.54, 1.807) is 6.26 Å². The Morgan fingerprint density at radius 1 is 1.26 bits per heavy atom. The van der Waals surface area contributed by atoms with Crippen LogP contribution in [0.2, 0.25) is 0 Å². The summed E-state index contributed by atoms with van der Waals surface area (Å²) in [5.41, 5.74) is 2.11. The molecule has 5 heteroatoms. The second-order valence-electron chi connectivity index (χ2n) is 5.60. The minimum absolute atomic E-state index is 0.108. The smallest absolute Gasteiger partial charge is 0.123 e. The van der Waals surface area contributed by atoms with Gasteiger partial charge in [-0.2, -0.15) is 0 Å². The third kappa shape index (κ3) is 4.07. The molecule has 2 heterocycles. The van der Waals surface area contributed by atoms with E-state index in [1.807, 2.05) is 37.4 Å². The molecule has 0 bridgehead atoms. The molecule has 0 aliphatic rings. The molecule has 1 aromatic carbocycles. The van der Waals surface area contributed by atoms with Crippen molar-refractivity contribution in [3.8, 4) is 0 Å². The normalized spacial score (nSPS) is 12.4. The highest BCUT2D eigenvalue weighted by atomic mass is 19.1. The Bertz CT molecular complexity index is 719. The average Bonchev–Trinajstić information content (AvgIpc) is 3.20. The van der Waals surface area contributed by atoms with Crippen LogP contribution < -0.4 is 5.32 Å². The van der Waals surface area contributed by atoms with E-state index in [4.69, 9.17) is 4.42 Å². The van der Waals surface area contributed by atoms with Crippen LogP contribution in [0.15, 0.2) is 53.3 Å². The van der Waals surface area contributed by atoms with Gasteiger partial charge in [-0.25, -0.2) is 9.37 Å². The Balaban J connectivity index is 1.61. The summed E-state index contributed by atoms with van der Waals surface area (Å²) in [6.45, 7) is 3.49. The van der Waals surface area contributed by atoms with Gasteiger partial charge in [0.25, 0.3) is 0 Å². The van der Waals surface area contributed by atoms with Gasteiger partial charge in [-0.1, -0.05) is 12.1 Å². The number of nitrogens with zero attached hydrogens (tertiary/aromatic N) is 1. The number of hydrogen-bond donors (Lipinski definition) is 2. The average molecular weight is 313 g/mol. The summed E-state index contributed by atoms with van der Waals surface area (Å²) in [5.74, 6) is 1.71. The Hall–Kier alpha value is -2.40. The summed E-state index contributed by atoms with van der Waals surface area (Å²) in [7, 11) is 0. The van der Waals surface area contributed by atoms with Gasteiger partial charge in [0.1, 0.15) is 17.4 Å². The summed E-state index contributed by atoms with van der Waals surface area (Å²) < 4.78 is 18.7. The Labute approximate surface area is 134 Å². The van der Waals surface area contributed by atoms with E-state index in [0.29, 0.717) is 6.54 Å². The van der Waals surface area contributed by atoms with Gasteiger partial charge in [0.15, 0.2) is 0 Å². The topological polar surface area (TPSA) is 53.9 Å². The summed E-state index contributed by atoms with van der Waals surface area (Å²) in [5, 5.41) is 3.38. The van der Waals surface area contributed by atoms with Crippen molar-refractivity contribution in [2.24, 2.45) is 0 Å². The molecule has 4 nitrogen and oxygen atoms in total. The number of halogens is 1. The molecule has 2 aromatic heterocycles. The number of aromatic nitrogens is 2. The molecule has 23 heavy (non-hydrogen) atoms. The van der Waals surface area contributed by atoms with Gasteiger partial charge in [-0.15, -0.1) is 0 Å². The van der Waals surface area contributed by atoms with Crippen LogP contribution in [0.3, 0.4) is 0 Å².